The summed E-state index contributed by atoms with van der Waals surface area (Å²) in [5.74, 6) is 1.66. The Bertz CT molecular complexity index is 984. The second-order valence-electron chi connectivity index (χ2n) is 8.60. The topological polar surface area (TPSA) is 87.2 Å². The molecule has 1 unspecified atom stereocenters. The Morgan fingerprint density at radius 1 is 1.14 bits per heavy atom. The van der Waals surface area contributed by atoms with E-state index >= 15 is 0 Å². The first-order valence-electron chi connectivity index (χ1n) is 10.6. The normalized spacial score (nSPS) is 24.2. The second-order valence-corrected chi connectivity index (χ2v) is 8.60. The van der Waals surface area contributed by atoms with Gasteiger partial charge in [-0.3, -0.25) is 9.78 Å². The highest BCUT2D eigenvalue weighted by Crippen LogP contribution is 2.44. The largest absolute Gasteiger partial charge is 0.378 e. The van der Waals surface area contributed by atoms with Gasteiger partial charge in [-0.1, -0.05) is 0 Å². The molecular formula is C21H28N6O2. The van der Waals surface area contributed by atoms with Gasteiger partial charge in [-0.2, -0.15) is 5.10 Å². The summed E-state index contributed by atoms with van der Waals surface area (Å²) < 4.78 is 5.46. The van der Waals surface area contributed by atoms with Gasteiger partial charge in [0.2, 0.25) is 5.95 Å². The molecule has 4 heterocycles. The molecule has 8 heteroatoms. The van der Waals surface area contributed by atoms with Crippen LogP contribution >= 0.6 is 0 Å². The Hall–Kier alpha value is -2.48. The Morgan fingerprint density at radius 2 is 1.97 bits per heavy atom. The molecule has 1 atom stereocenters. The molecule has 3 aliphatic rings. The molecule has 0 amide bonds. The molecule has 8 nitrogen and oxygen atoms in total. The van der Waals surface area contributed by atoms with Gasteiger partial charge in [0, 0.05) is 37.2 Å². The van der Waals surface area contributed by atoms with Crippen LogP contribution in [0.4, 0.5) is 11.8 Å². The summed E-state index contributed by atoms with van der Waals surface area (Å²) in [6, 6.07) is 0. The van der Waals surface area contributed by atoms with E-state index in [1.54, 1.807) is 0 Å². The Balaban J connectivity index is 1.52. The fraction of sp³-hybridized carbons (Fsp3) is 0.619. The van der Waals surface area contributed by atoms with Crippen LogP contribution in [0.1, 0.15) is 41.6 Å². The number of hydrogen-bond donors (Lipinski definition) is 1. The zero-order chi connectivity index (χ0) is 20.0. The second kappa shape index (κ2) is 7.09. The average Bonchev–Trinajstić information content (AvgIpc) is 3.09. The summed E-state index contributed by atoms with van der Waals surface area (Å²) in [5.41, 5.74) is 4.16. The third-order valence-corrected chi connectivity index (χ3v) is 6.88. The average molecular weight is 396 g/mol. The molecule has 1 spiro atoms. The number of piperidine rings is 1. The monoisotopic (exact) mass is 396 g/mol. The highest BCUT2D eigenvalue weighted by Gasteiger charge is 2.45. The van der Waals surface area contributed by atoms with E-state index in [0.717, 1.165) is 74.5 Å². The summed E-state index contributed by atoms with van der Waals surface area (Å²) in [6.07, 6.45) is 5.72. The van der Waals surface area contributed by atoms with E-state index in [2.05, 4.69) is 38.8 Å². The number of hydrogen-bond acceptors (Lipinski definition) is 7. The molecule has 0 bridgehead atoms. The number of nitrogens with zero attached hydrogens (tertiary/aromatic N) is 5. The minimum Gasteiger partial charge on any atom is -0.378 e. The number of aryl methyl sites for hydroxylation is 1. The van der Waals surface area contributed by atoms with Crippen molar-refractivity contribution in [2.75, 3.05) is 49.2 Å². The van der Waals surface area contributed by atoms with Gasteiger partial charge in [-0.15, -0.1) is 5.10 Å². The van der Waals surface area contributed by atoms with Gasteiger partial charge in [0.15, 0.2) is 5.82 Å². The van der Waals surface area contributed by atoms with Crippen LogP contribution < -0.4 is 15.4 Å². The Morgan fingerprint density at radius 3 is 2.79 bits per heavy atom. The lowest BCUT2D eigenvalue weighted by Crippen LogP contribution is -2.47. The van der Waals surface area contributed by atoms with Crippen LogP contribution in [0.25, 0.3) is 0 Å². The van der Waals surface area contributed by atoms with Crippen molar-refractivity contribution in [1.29, 1.82) is 0 Å². The summed E-state index contributed by atoms with van der Waals surface area (Å²) in [7, 11) is 0. The number of morpholine rings is 1. The van der Waals surface area contributed by atoms with Crippen LogP contribution in [0.15, 0.2) is 11.0 Å². The summed E-state index contributed by atoms with van der Waals surface area (Å²) in [4.78, 5) is 25.4. The minimum atomic E-state index is -0.0826. The van der Waals surface area contributed by atoms with Gasteiger partial charge in [-0.05, 0) is 50.7 Å². The van der Waals surface area contributed by atoms with Gasteiger partial charge in [0.05, 0.1) is 25.1 Å². The van der Waals surface area contributed by atoms with Gasteiger partial charge >= 0.3 is 0 Å². The molecular weight excluding hydrogens is 368 g/mol. The van der Waals surface area contributed by atoms with E-state index in [1.807, 2.05) is 6.20 Å². The van der Waals surface area contributed by atoms with Gasteiger partial charge in [0.1, 0.15) is 0 Å². The van der Waals surface area contributed by atoms with Crippen molar-refractivity contribution in [3.8, 4) is 0 Å². The van der Waals surface area contributed by atoms with Crippen LogP contribution in [-0.4, -0.2) is 59.6 Å². The highest BCUT2D eigenvalue weighted by molar-refractivity contribution is 5.51. The predicted molar refractivity (Wildman–Crippen MR) is 111 cm³/mol. The molecule has 1 N–H and O–H groups in total. The lowest BCUT2D eigenvalue weighted by Gasteiger charge is -2.41. The maximum atomic E-state index is 12.9. The number of H-pyrrole nitrogens is 1. The molecule has 0 radical (unpaired) electrons. The SMILES string of the molecule is Cc1cnnc(N2CCCC3(CCc4c3nc(N3CCOCC3)[nH]c4=O)C2)c1C. The molecule has 1 aliphatic carbocycles. The maximum absolute atomic E-state index is 12.9. The number of anilines is 2. The first-order chi connectivity index (χ1) is 14.1. The van der Waals surface area contributed by atoms with Crippen molar-refractivity contribution in [1.82, 2.24) is 20.2 Å². The molecule has 0 aromatic carbocycles. The summed E-state index contributed by atoms with van der Waals surface area (Å²) in [6.45, 7) is 8.87. The fourth-order valence-electron chi connectivity index (χ4n) is 5.09. The van der Waals surface area contributed by atoms with E-state index < -0.39 is 0 Å². The van der Waals surface area contributed by atoms with E-state index in [1.165, 1.54) is 5.56 Å². The molecule has 29 heavy (non-hydrogen) atoms. The number of fused-ring (bicyclic) bond motifs is 2. The lowest BCUT2D eigenvalue weighted by molar-refractivity contribution is 0.122. The molecule has 5 rings (SSSR count). The standard InChI is InChI=1S/C21H28N6O2/c1-14-12-22-25-18(15(14)2)27-7-3-5-21(13-27)6-4-16-17(21)23-20(24-19(16)28)26-8-10-29-11-9-26/h12H,3-11,13H2,1-2H3,(H,23,24,28). The number of aromatic nitrogens is 4. The van der Waals surface area contributed by atoms with Crippen LogP contribution in [0.5, 0.6) is 0 Å². The zero-order valence-electron chi connectivity index (χ0n) is 17.2. The summed E-state index contributed by atoms with van der Waals surface area (Å²) in [5, 5.41) is 8.64. The van der Waals surface area contributed by atoms with Gasteiger partial charge in [0.25, 0.3) is 5.56 Å². The third kappa shape index (κ3) is 3.10. The van der Waals surface area contributed by atoms with E-state index in [9.17, 15) is 4.79 Å². The van der Waals surface area contributed by atoms with Crippen molar-refractivity contribution in [3.63, 3.8) is 0 Å². The zero-order valence-corrected chi connectivity index (χ0v) is 17.2. The Kier molecular flexibility index (Phi) is 4.53. The molecule has 2 aromatic rings. The van der Waals surface area contributed by atoms with Crippen molar-refractivity contribution in [2.24, 2.45) is 0 Å². The molecule has 2 saturated heterocycles. The van der Waals surface area contributed by atoms with Crippen LogP contribution in [0.2, 0.25) is 0 Å². The van der Waals surface area contributed by atoms with E-state index in [0.29, 0.717) is 19.2 Å². The molecule has 154 valence electrons. The van der Waals surface area contributed by atoms with E-state index in [-0.39, 0.29) is 11.0 Å². The highest BCUT2D eigenvalue weighted by atomic mass is 16.5. The molecule has 2 fully saturated rings. The van der Waals surface area contributed by atoms with E-state index in [4.69, 9.17) is 9.72 Å². The Labute approximate surface area is 170 Å². The summed E-state index contributed by atoms with van der Waals surface area (Å²) >= 11 is 0. The van der Waals surface area contributed by atoms with Crippen LogP contribution in [-0.2, 0) is 16.6 Å². The maximum Gasteiger partial charge on any atom is 0.255 e. The third-order valence-electron chi connectivity index (χ3n) is 6.88. The first kappa shape index (κ1) is 18.5. The van der Waals surface area contributed by atoms with Crippen molar-refractivity contribution >= 4 is 11.8 Å². The molecule has 2 aliphatic heterocycles. The minimum absolute atomic E-state index is 0.0250. The number of ether oxygens (including phenoxy) is 1. The number of nitrogens with one attached hydrogen (secondary N) is 1. The van der Waals surface area contributed by atoms with Gasteiger partial charge in [-0.25, -0.2) is 4.98 Å². The predicted octanol–water partition coefficient (Wildman–Crippen LogP) is 1.50. The molecule has 2 aromatic heterocycles. The lowest BCUT2D eigenvalue weighted by atomic mass is 9.77. The number of aromatic amines is 1. The van der Waals surface area contributed by atoms with Crippen molar-refractivity contribution < 1.29 is 4.74 Å². The smallest absolute Gasteiger partial charge is 0.255 e. The molecule has 0 saturated carbocycles. The first-order valence-corrected chi connectivity index (χ1v) is 10.6. The van der Waals surface area contributed by atoms with Crippen LogP contribution in [0.3, 0.4) is 0 Å². The quantitative estimate of drug-likeness (QED) is 0.823. The van der Waals surface area contributed by atoms with Crippen LogP contribution in [0, 0.1) is 13.8 Å². The fourth-order valence-corrected chi connectivity index (χ4v) is 5.09. The number of rotatable bonds is 2. The van der Waals surface area contributed by atoms with Gasteiger partial charge < -0.3 is 14.5 Å². The van der Waals surface area contributed by atoms with Crippen molar-refractivity contribution in [2.45, 2.75) is 44.9 Å². The van der Waals surface area contributed by atoms with Crippen molar-refractivity contribution in [3.05, 3.63) is 38.9 Å².